The molecule has 4 nitrogen and oxygen atoms in total. The predicted octanol–water partition coefficient (Wildman–Crippen LogP) is 3.72. The lowest BCUT2D eigenvalue weighted by Crippen LogP contribution is -2.11. The number of ketones is 1. The Bertz CT molecular complexity index is 1040. The van der Waals surface area contributed by atoms with Crippen molar-refractivity contribution >= 4 is 32.8 Å². The van der Waals surface area contributed by atoms with Crippen LogP contribution in [0.3, 0.4) is 0 Å². The summed E-state index contributed by atoms with van der Waals surface area (Å²) in [5.41, 5.74) is 2.67. The third-order valence-electron chi connectivity index (χ3n) is 3.73. The molecule has 0 saturated heterocycles. The smallest absolute Gasteiger partial charge is 0.236 e. The minimum Gasteiger partial charge on any atom is -0.295 e. The lowest BCUT2D eigenvalue weighted by atomic mass is 10.0. The van der Waals surface area contributed by atoms with Crippen LogP contribution in [0.4, 0.5) is 0 Å². The molecule has 0 aliphatic rings. The van der Waals surface area contributed by atoms with Gasteiger partial charge in [-0.15, -0.1) is 0 Å². The zero-order valence-corrected chi connectivity index (χ0v) is 14.2. The van der Waals surface area contributed by atoms with E-state index in [9.17, 15) is 13.2 Å². The standard InChI is InChI=1S/C19H17NO3S/c1-14(21)12-13-17-16-10-6-7-11-18(16)20(24(2,22)23)19(17)15-8-4-3-5-9-15/h3-13H,1-2H3/b13-12+. The summed E-state index contributed by atoms with van der Waals surface area (Å²) in [6.07, 6.45) is 4.33. The van der Waals surface area contributed by atoms with Gasteiger partial charge in [0, 0.05) is 10.9 Å². The highest BCUT2D eigenvalue weighted by Gasteiger charge is 2.22. The van der Waals surface area contributed by atoms with E-state index in [1.165, 1.54) is 23.2 Å². The molecule has 122 valence electrons. The van der Waals surface area contributed by atoms with E-state index in [4.69, 9.17) is 0 Å². The summed E-state index contributed by atoms with van der Waals surface area (Å²) < 4.78 is 26.3. The van der Waals surface area contributed by atoms with Gasteiger partial charge in [0.2, 0.25) is 10.0 Å². The van der Waals surface area contributed by atoms with Gasteiger partial charge in [-0.1, -0.05) is 48.5 Å². The molecule has 0 radical (unpaired) electrons. The van der Waals surface area contributed by atoms with Gasteiger partial charge in [0.25, 0.3) is 0 Å². The van der Waals surface area contributed by atoms with E-state index >= 15 is 0 Å². The fourth-order valence-corrected chi connectivity index (χ4v) is 3.87. The average molecular weight is 339 g/mol. The first-order chi connectivity index (χ1) is 11.4. The molecule has 1 heterocycles. The van der Waals surface area contributed by atoms with Crippen LogP contribution in [0.15, 0.2) is 60.7 Å². The Morgan fingerprint density at radius 3 is 2.25 bits per heavy atom. The van der Waals surface area contributed by atoms with Gasteiger partial charge in [0.05, 0.1) is 17.5 Å². The van der Waals surface area contributed by atoms with Gasteiger partial charge in [-0.05, 0) is 30.7 Å². The van der Waals surface area contributed by atoms with Crippen molar-refractivity contribution in [3.8, 4) is 11.3 Å². The second kappa shape index (κ2) is 6.09. The summed E-state index contributed by atoms with van der Waals surface area (Å²) in [6, 6.07) is 16.6. The van der Waals surface area contributed by atoms with Gasteiger partial charge in [0.15, 0.2) is 5.78 Å². The molecular weight excluding hydrogens is 322 g/mol. The topological polar surface area (TPSA) is 56.1 Å². The quantitative estimate of drug-likeness (QED) is 0.681. The van der Waals surface area contributed by atoms with E-state index in [0.29, 0.717) is 11.2 Å². The van der Waals surface area contributed by atoms with Crippen LogP contribution in [0.5, 0.6) is 0 Å². The Morgan fingerprint density at radius 2 is 1.62 bits per heavy atom. The number of hydrogen-bond donors (Lipinski definition) is 0. The van der Waals surface area contributed by atoms with Crippen LogP contribution in [0.25, 0.3) is 28.2 Å². The van der Waals surface area contributed by atoms with Crippen molar-refractivity contribution in [1.29, 1.82) is 0 Å². The van der Waals surface area contributed by atoms with Gasteiger partial charge < -0.3 is 0 Å². The highest BCUT2D eigenvalue weighted by atomic mass is 32.2. The second-order valence-corrected chi connectivity index (χ2v) is 7.45. The van der Waals surface area contributed by atoms with E-state index in [2.05, 4.69) is 0 Å². The number of aromatic nitrogens is 1. The highest BCUT2D eigenvalue weighted by molar-refractivity contribution is 7.89. The maximum atomic E-state index is 12.5. The summed E-state index contributed by atoms with van der Waals surface area (Å²) in [6.45, 7) is 1.47. The number of carbonyl (C=O) groups excluding carboxylic acids is 1. The van der Waals surface area contributed by atoms with Crippen LogP contribution in [-0.4, -0.2) is 24.4 Å². The zero-order valence-electron chi connectivity index (χ0n) is 13.4. The van der Waals surface area contributed by atoms with Gasteiger partial charge in [-0.2, -0.15) is 0 Å². The first-order valence-corrected chi connectivity index (χ1v) is 9.32. The fourth-order valence-electron chi connectivity index (χ4n) is 2.82. The normalized spacial score (nSPS) is 12.1. The molecule has 3 aromatic rings. The Labute approximate surface area is 141 Å². The van der Waals surface area contributed by atoms with Crippen molar-refractivity contribution < 1.29 is 13.2 Å². The van der Waals surface area contributed by atoms with Crippen LogP contribution in [0.1, 0.15) is 12.5 Å². The molecule has 2 aromatic carbocycles. The van der Waals surface area contributed by atoms with Crippen molar-refractivity contribution in [3.63, 3.8) is 0 Å². The van der Waals surface area contributed by atoms with Crippen molar-refractivity contribution in [2.45, 2.75) is 6.92 Å². The van der Waals surface area contributed by atoms with Gasteiger partial charge in [0.1, 0.15) is 0 Å². The van der Waals surface area contributed by atoms with Crippen LogP contribution in [0, 0.1) is 0 Å². The molecule has 0 fully saturated rings. The van der Waals surface area contributed by atoms with E-state index < -0.39 is 10.0 Å². The molecule has 1 aromatic heterocycles. The molecule has 0 N–H and O–H groups in total. The Balaban J connectivity index is 2.50. The van der Waals surface area contributed by atoms with Gasteiger partial charge >= 0.3 is 0 Å². The third kappa shape index (κ3) is 2.90. The largest absolute Gasteiger partial charge is 0.295 e. The molecule has 0 bridgehead atoms. The maximum Gasteiger partial charge on any atom is 0.236 e. The van der Waals surface area contributed by atoms with Crippen molar-refractivity contribution in [1.82, 2.24) is 3.97 Å². The molecular formula is C19H17NO3S. The van der Waals surface area contributed by atoms with Crippen LogP contribution in [-0.2, 0) is 14.8 Å². The molecule has 0 aliphatic carbocycles. The minimum absolute atomic E-state index is 0.0924. The SMILES string of the molecule is CC(=O)/C=C/c1c(-c2ccccc2)n(S(C)(=O)=O)c2ccccc12. The molecule has 0 aliphatic heterocycles. The zero-order chi connectivity index (χ0) is 17.3. The van der Waals surface area contributed by atoms with E-state index in [1.54, 1.807) is 18.2 Å². The maximum absolute atomic E-state index is 12.5. The van der Waals surface area contributed by atoms with Crippen LogP contribution in [0.2, 0.25) is 0 Å². The van der Waals surface area contributed by atoms with Crippen molar-refractivity contribution in [2.75, 3.05) is 6.26 Å². The number of rotatable bonds is 4. The van der Waals surface area contributed by atoms with Crippen molar-refractivity contribution in [3.05, 3.63) is 66.2 Å². The van der Waals surface area contributed by atoms with Crippen LogP contribution >= 0.6 is 0 Å². The summed E-state index contributed by atoms with van der Waals surface area (Å²) >= 11 is 0. The molecule has 0 unspecified atom stereocenters. The summed E-state index contributed by atoms with van der Waals surface area (Å²) in [7, 11) is -3.53. The van der Waals surface area contributed by atoms with Gasteiger partial charge in [-0.3, -0.25) is 4.79 Å². The molecule has 0 amide bonds. The van der Waals surface area contributed by atoms with Gasteiger partial charge in [-0.25, -0.2) is 12.4 Å². The minimum atomic E-state index is -3.53. The van der Waals surface area contributed by atoms with Crippen molar-refractivity contribution in [2.24, 2.45) is 0 Å². The Hall–Kier alpha value is -2.66. The number of para-hydroxylation sites is 1. The number of fused-ring (bicyclic) bond motifs is 1. The average Bonchev–Trinajstić information content (AvgIpc) is 2.88. The number of nitrogens with zero attached hydrogens (tertiary/aromatic N) is 1. The second-order valence-electron chi connectivity index (χ2n) is 5.62. The Morgan fingerprint density at radius 1 is 1.00 bits per heavy atom. The summed E-state index contributed by atoms with van der Waals surface area (Å²) in [5, 5.41) is 0.791. The lowest BCUT2D eigenvalue weighted by molar-refractivity contribution is -0.112. The van der Waals surface area contributed by atoms with E-state index in [0.717, 1.165) is 16.5 Å². The lowest BCUT2D eigenvalue weighted by Gasteiger charge is -2.09. The monoisotopic (exact) mass is 339 g/mol. The summed E-state index contributed by atoms with van der Waals surface area (Å²) in [4.78, 5) is 11.4. The number of allylic oxidation sites excluding steroid dienone is 1. The molecule has 5 heteroatoms. The molecule has 3 rings (SSSR count). The molecule has 24 heavy (non-hydrogen) atoms. The number of benzene rings is 2. The van der Waals surface area contributed by atoms with E-state index in [1.807, 2.05) is 42.5 Å². The summed E-state index contributed by atoms with van der Waals surface area (Å²) in [5.74, 6) is -0.0924. The highest BCUT2D eigenvalue weighted by Crippen LogP contribution is 2.35. The first-order valence-electron chi connectivity index (χ1n) is 7.47. The number of hydrogen-bond acceptors (Lipinski definition) is 3. The predicted molar refractivity (Wildman–Crippen MR) is 97.3 cm³/mol. The number of carbonyl (C=O) groups is 1. The molecule has 0 saturated carbocycles. The molecule has 0 spiro atoms. The van der Waals surface area contributed by atoms with E-state index in [-0.39, 0.29) is 5.78 Å². The fraction of sp³-hybridized carbons (Fsp3) is 0.105. The van der Waals surface area contributed by atoms with Crippen LogP contribution < -0.4 is 0 Å². The molecule has 0 atom stereocenters. The first kappa shape index (κ1) is 16.2. The third-order valence-corrected chi connectivity index (χ3v) is 4.78. The Kier molecular flexibility index (Phi) is 4.11.